The second-order valence-electron chi connectivity index (χ2n) is 5.78. The van der Waals surface area contributed by atoms with Gasteiger partial charge in [-0.2, -0.15) is 0 Å². The summed E-state index contributed by atoms with van der Waals surface area (Å²) in [6, 6.07) is 3.28. The molecular formula is C15H20N2O3. The van der Waals surface area contributed by atoms with Crippen LogP contribution in [0.1, 0.15) is 48.6 Å². The average molecular weight is 276 g/mol. The molecule has 1 unspecified atom stereocenters. The smallest absolute Gasteiger partial charge is 0.243 e. The Labute approximate surface area is 118 Å². The molecule has 0 radical (unpaired) electrons. The van der Waals surface area contributed by atoms with Gasteiger partial charge in [0.15, 0.2) is 5.78 Å². The van der Waals surface area contributed by atoms with Gasteiger partial charge < -0.3 is 15.0 Å². The average Bonchev–Trinajstić information content (AvgIpc) is 3.06. The Hall–Kier alpha value is -1.62. The number of aliphatic hydroxyl groups excluding tert-OH is 1. The number of carbonyl (C=O) groups excluding carboxylic acids is 2. The Morgan fingerprint density at radius 3 is 3.00 bits per heavy atom. The van der Waals surface area contributed by atoms with Gasteiger partial charge in [0.05, 0.1) is 11.8 Å². The predicted molar refractivity (Wildman–Crippen MR) is 73.4 cm³/mol. The highest BCUT2D eigenvalue weighted by Gasteiger charge is 2.31. The second-order valence-corrected chi connectivity index (χ2v) is 5.78. The van der Waals surface area contributed by atoms with Crippen molar-refractivity contribution in [1.29, 1.82) is 0 Å². The van der Waals surface area contributed by atoms with E-state index in [1.807, 2.05) is 0 Å². The van der Waals surface area contributed by atoms with Crippen molar-refractivity contribution in [3.8, 4) is 0 Å². The molecule has 0 spiro atoms. The first-order valence-corrected chi connectivity index (χ1v) is 7.32. The highest BCUT2D eigenvalue weighted by atomic mass is 16.3. The van der Waals surface area contributed by atoms with E-state index in [0.717, 1.165) is 19.3 Å². The molecule has 2 N–H and O–H groups in total. The van der Waals surface area contributed by atoms with Crippen molar-refractivity contribution < 1.29 is 14.7 Å². The molecule has 1 aliphatic heterocycles. The summed E-state index contributed by atoms with van der Waals surface area (Å²) < 4.78 is 1.77. The lowest BCUT2D eigenvalue weighted by Crippen LogP contribution is -2.39. The van der Waals surface area contributed by atoms with Crippen molar-refractivity contribution in [3.63, 3.8) is 0 Å². The van der Waals surface area contributed by atoms with Crippen LogP contribution in [0.25, 0.3) is 0 Å². The molecule has 2 heterocycles. The minimum absolute atomic E-state index is 0.0472. The fourth-order valence-electron chi connectivity index (χ4n) is 3.30. The van der Waals surface area contributed by atoms with Gasteiger partial charge in [0, 0.05) is 25.1 Å². The molecule has 0 bridgehead atoms. The van der Waals surface area contributed by atoms with Crippen LogP contribution in [-0.4, -0.2) is 34.0 Å². The van der Waals surface area contributed by atoms with E-state index in [-0.39, 0.29) is 29.8 Å². The molecule has 0 saturated heterocycles. The number of amides is 1. The third-order valence-corrected chi connectivity index (χ3v) is 4.51. The summed E-state index contributed by atoms with van der Waals surface area (Å²) in [7, 11) is 0. The van der Waals surface area contributed by atoms with Gasteiger partial charge in [-0.25, -0.2) is 0 Å². The molecular weight excluding hydrogens is 256 g/mol. The highest BCUT2D eigenvalue weighted by Crippen LogP contribution is 2.27. The summed E-state index contributed by atoms with van der Waals surface area (Å²) in [5, 5.41) is 12.7. The summed E-state index contributed by atoms with van der Waals surface area (Å²) in [5.74, 6) is 0.229. The molecule has 5 nitrogen and oxygen atoms in total. The van der Waals surface area contributed by atoms with Crippen molar-refractivity contribution in [1.82, 2.24) is 9.88 Å². The van der Waals surface area contributed by atoms with Crippen LogP contribution in [0.5, 0.6) is 0 Å². The third-order valence-electron chi connectivity index (χ3n) is 4.51. The number of Topliss-reactive ketones (excluding diaryl/α,β-unsaturated/α-hetero) is 1. The normalized spacial score (nSPS) is 29.2. The zero-order chi connectivity index (χ0) is 14.1. The summed E-state index contributed by atoms with van der Waals surface area (Å²) in [5.41, 5.74) is 0.623. The number of fused-ring (bicyclic) bond motifs is 1. The molecule has 2 aliphatic rings. The van der Waals surface area contributed by atoms with Crippen molar-refractivity contribution in [2.45, 2.75) is 44.2 Å². The maximum absolute atomic E-state index is 12.3. The number of hydrogen-bond donors (Lipinski definition) is 2. The van der Waals surface area contributed by atoms with E-state index in [1.54, 1.807) is 22.9 Å². The zero-order valence-electron chi connectivity index (χ0n) is 11.4. The van der Waals surface area contributed by atoms with Crippen LogP contribution in [0.4, 0.5) is 0 Å². The molecule has 108 valence electrons. The summed E-state index contributed by atoms with van der Waals surface area (Å²) in [4.78, 5) is 24.0. The first-order chi connectivity index (χ1) is 9.66. The van der Waals surface area contributed by atoms with E-state index >= 15 is 0 Å². The molecule has 3 atom stereocenters. The largest absolute Gasteiger partial charge is 0.393 e. The summed E-state index contributed by atoms with van der Waals surface area (Å²) >= 11 is 0. The minimum atomic E-state index is -0.295. The van der Waals surface area contributed by atoms with Gasteiger partial charge in [0.2, 0.25) is 5.91 Å². The lowest BCUT2D eigenvalue weighted by molar-refractivity contribution is -0.125. The van der Waals surface area contributed by atoms with E-state index in [9.17, 15) is 14.7 Å². The minimum Gasteiger partial charge on any atom is -0.393 e. The van der Waals surface area contributed by atoms with E-state index < -0.39 is 0 Å². The maximum Gasteiger partial charge on any atom is 0.243 e. The first kappa shape index (κ1) is 13.4. The molecule has 1 aromatic heterocycles. The molecule has 0 aromatic carbocycles. The van der Waals surface area contributed by atoms with E-state index in [0.29, 0.717) is 25.1 Å². The monoisotopic (exact) mass is 276 g/mol. The fraction of sp³-hybridized carbons (Fsp3) is 0.600. The molecule has 1 aromatic rings. The zero-order valence-corrected chi connectivity index (χ0v) is 11.4. The van der Waals surface area contributed by atoms with Crippen LogP contribution in [0.2, 0.25) is 0 Å². The Morgan fingerprint density at radius 2 is 2.25 bits per heavy atom. The Bertz CT molecular complexity index is 523. The Kier molecular flexibility index (Phi) is 3.61. The molecule has 1 amide bonds. The number of nitrogens with zero attached hydrogens (tertiary/aromatic N) is 1. The van der Waals surface area contributed by atoms with Crippen LogP contribution in [-0.2, 0) is 4.79 Å². The van der Waals surface area contributed by atoms with Gasteiger partial charge in [-0.3, -0.25) is 9.59 Å². The van der Waals surface area contributed by atoms with Gasteiger partial charge in [-0.15, -0.1) is 0 Å². The number of nitrogens with one attached hydrogen (secondary N) is 1. The number of rotatable bonds is 3. The summed E-state index contributed by atoms with van der Waals surface area (Å²) in [6.45, 7) is 0.529. The van der Waals surface area contributed by atoms with Crippen molar-refractivity contribution in [3.05, 3.63) is 24.0 Å². The number of hydrogen-bond acceptors (Lipinski definition) is 3. The van der Waals surface area contributed by atoms with Gasteiger partial charge in [0.25, 0.3) is 0 Å². The number of aliphatic hydroxyl groups is 1. The van der Waals surface area contributed by atoms with Crippen molar-refractivity contribution in [2.24, 2.45) is 5.92 Å². The van der Waals surface area contributed by atoms with Gasteiger partial charge in [0.1, 0.15) is 6.04 Å². The number of carbonyl (C=O) groups is 2. The Morgan fingerprint density at radius 1 is 1.40 bits per heavy atom. The number of ketones is 1. The lowest BCUT2D eigenvalue weighted by atomic mass is 10.0. The second kappa shape index (κ2) is 5.40. The molecule has 1 fully saturated rings. The fourth-order valence-corrected chi connectivity index (χ4v) is 3.30. The molecule has 1 saturated carbocycles. The number of aromatic nitrogens is 1. The molecule has 20 heavy (non-hydrogen) atoms. The van der Waals surface area contributed by atoms with Crippen LogP contribution in [0, 0.1) is 5.92 Å². The highest BCUT2D eigenvalue weighted by molar-refractivity contribution is 5.97. The van der Waals surface area contributed by atoms with Gasteiger partial charge in [-0.05, 0) is 31.4 Å². The van der Waals surface area contributed by atoms with Gasteiger partial charge >= 0.3 is 0 Å². The standard InChI is InChI=1S/C15H20N2O3/c18-13-5-1-3-10(13)9-16-15(20)12-6-7-14(19)11-4-2-8-17(11)12/h2,4,8,10,12-13,18H,1,3,5-7,9H2,(H,16,20)/t10-,12?,13+/m0/s1. The van der Waals surface area contributed by atoms with Crippen LogP contribution >= 0.6 is 0 Å². The van der Waals surface area contributed by atoms with Crippen LogP contribution < -0.4 is 5.32 Å². The predicted octanol–water partition coefficient (Wildman–Crippen LogP) is 1.28. The van der Waals surface area contributed by atoms with Crippen molar-refractivity contribution in [2.75, 3.05) is 6.54 Å². The van der Waals surface area contributed by atoms with Crippen LogP contribution in [0.3, 0.4) is 0 Å². The van der Waals surface area contributed by atoms with E-state index in [4.69, 9.17) is 0 Å². The molecule has 1 aliphatic carbocycles. The SMILES string of the molecule is O=C1CCC(C(=O)NC[C@@H]2CCC[C@H]2O)n2cccc21. The van der Waals surface area contributed by atoms with Gasteiger partial charge in [-0.1, -0.05) is 6.42 Å². The third kappa shape index (κ3) is 2.38. The quantitative estimate of drug-likeness (QED) is 0.873. The molecule has 3 rings (SSSR count). The first-order valence-electron chi connectivity index (χ1n) is 7.32. The van der Waals surface area contributed by atoms with E-state index in [1.165, 1.54) is 0 Å². The topological polar surface area (TPSA) is 71.3 Å². The van der Waals surface area contributed by atoms with E-state index in [2.05, 4.69) is 5.32 Å². The van der Waals surface area contributed by atoms with Crippen LogP contribution in [0.15, 0.2) is 18.3 Å². The van der Waals surface area contributed by atoms with Crippen molar-refractivity contribution >= 4 is 11.7 Å². The Balaban J connectivity index is 1.64. The molecule has 5 heteroatoms. The lowest BCUT2D eigenvalue weighted by Gasteiger charge is -2.25. The maximum atomic E-state index is 12.3. The summed E-state index contributed by atoms with van der Waals surface area (Å²) in [6.07, 6.45) is 5.32.